The lowest BCUT2D eigenvalue weighted by molar-refractivity contribution is -0.134. The van der Waals surface area contributed by atoms with Gasteiger partial charge in [-0.25, -0.2) is 15.0 Å². The number of aromatic nitrogens is 4. The molecule has 5 N–H and O–H groups in total. The van der Waals surface area contributed by atoms with Crippen LogP contribution in [0.1, 0.15) is 6.23 Å². The van der Waals surface area contributed by atoms with E-state index >= 15 is 0 Å². The summed E-state index contributed by atoms with van der Waals surface area (Å²) >= 11 is 0. The van der Waals surface area contributed by atoms with Crippen LogP contribution in [-0.2, 0) is 9.53 Å². The first-order valence-electron chi connectivity index (χ1n) is 6.66. The lowest BCUT2D eigenvalue weighted by Crippen LogP contribution is -2.39. The zero-order chi connectivity index (χ0) is 15.9. The van der Waals surface area contributed by atoms with Crippen molar-refractivity contribution in [2.45, 2.75) is 24.5 Å². The largest absolute Gasteiger partial charge is 0.387 e. The number of Topliss-reactive ketones (excluding diaryl/α,β-unsaturated/α-hetero) is 1. The quantitative estimate of drug-likeness (QED) is 0.494. The van der Waals surface area contributed by atoms with Crippen LogP contribution in [0.4, 0.5) is 5.82 Å². The Balaban J connectivity index is 1.94. The van der Waals surface area contributed by atoms with E-state index in [2.05, 4.69) is 20.3 Å². The molecule has 1 aliphatic rings. The molecular formula is C12H16N6O4. The molecule has 118 valence electrons. The number of ether oxygens (including phenoxy) is 1. The number of nitrogens with one attached hydrogen (secondary N) is 1. The Morgan fingerprint density at radius 2 is 2.18 bits per heavy atom. The maximum Gasteiger partial charge on any atom is 0.178 e. The molecule has 0 amide bonds. The zero-order valence-corrected chi connectivity index (χ0v) is 11.7. The first-order valence-corrected chi connectivity index (χ1v) is 6.66. The van der Waals surface area contributed by atoms with Crippen molar-refractivity contribution in [3.8, 4) is 0 Å². The topological polar surface area (TPSA) is 148 Å². The Morgan fingerprint density at radius 1 is 1.41 bits per heavy atom. The van der Waals surface area contributed by atoms with E-state index in [-0.39, 0.29) is 18.1 Å². The molecule has 1 saturated heterocycles. The van der Waals surface area contributed by atoms with Gasteiger partial charge in [0.05, 0.1) is 12.9 Å². The Labute approximate surface area is 124 Å². The SMILES string of the molecule is CNCC(=O)[C@H]1O[C@@H](n2cnc3c(N)ncnc32)[C@H](O)[C@@H]1O. The molecule has 2 aromatic heterocycles. The highest BCUT2D eigenvalue weighted by Crippen LogP contribution is 2.32. The van der Waals surface area contributed by atoms with Crippen molar-refractivity contribution in [2.75, 3.05) is 19.3 Å². The second-order valence-electron chi connectivity index (χ2n) is 5.01. The highest BCUT2D eigenvalue weighted by atomic mass is 16.6. The van der Waals surface area contributed by atoms with Gasteiger partial charge in [-0.1, -0.05) is 0 Å². The van der Waals surface area contributed by atoms with Crippen LogP contribution in [0.15, 0.2) is 12.7 Å². The van der Waals surface area contributed by atoms with Crippen molar-refractivity contribution >= 4 is 22.8 Å². The number of aliphatic hydroxyl groups is 2. The number of imidazole rings is 1. The van der Waals surface area contributed by atoms with Gasteiger partial charge in [-0.15, -0.1) is 0 Å². The fourth-order valence-electron chi connectivity index (χ4n) is 2.49. The molecule has 22 heavy (non-hydrogen) atoms. The third kappa shape index (κ3) is 2.22. The second-order valence-corrected chi connectivity index (χ2v) is 5.01. The molecule has 10 heteroatoms. The van der Waals surface area contributed by atoms with Gasteiger partial charge in [-0.2, -0.15) is 0 Å². The fraction of sp³-hybridized carbons (Fsp3) is 0.500. The number of nitrogens with two attached hydrogens (primary N) is 1. The number of hydrogen-bond acceptors (Lipinski definition) is 9. The molecule has 3 rings (SSSR count). The monoisotopic (exact) mass is 308 g/mol. The van der Waals surface area contributed by atoms with E-state index in [0.717, 1.165) is 0 Å². The fourth-order valence-corrected chi connectivity index (χ4v) is 2.49. The number of anilines is 1. The molecule has 0 aliphatic carbocycles. The number of ketones is 1. The number of carbonyl (C=O) groups excluding carboxylic acids is 1. The van der Waals surface area contributed by atoms with Crippen LogP contribution >= 0.6 is 0 Å². The van der Waals surface area contributed by atoms with E-state index in [1.165, 1.54) is 17.2 Å². The van der Waals surface area contributed by atoms with Gasteiger partial charge in [-0.3, -0.25) is 9.36 Å². The van der Waals surface area contributed by atoms with E-state index in [1.807, 2.05) is 0 Å². The number of nitrogens with zero attached hydrogens (tertiary/aromatic N) is 4. The predicted octanol–water partition coefficient (Wildman–Crippen LogP) is -2.18. The van der Waals surface area contributed by atoms with Gasteiger partial charge in [-0.05, 0) is 7.05 Å². The number of hydrogen-bond donors (Lipinski definition) is 4. The van der Waals surface area contributed by atoms with Crippen molar-refractivity contribution in [3.05, 3.63) is 12.7 Å². The van der Waals surface area contributed by atoms with Crippen LogP contribution in [0.3, 0.4) is 0 Å². The first-order chi connectivity index (χ1) is 10.5. The van der Waals surface area contributed by atoms with Gasteiger partial charge in [0.1, 0.15) is 30.2 Å². The minimum Gasteiger partial charge on any atom is -0.387 e. The summed E-state index contributed by atoms with van der Waals surface area (Å²) in [5.74, 6) is -0.158. The van der Waals surface area contributed by atoms with Crippen molar-refractivity contribution < 1.29 is 19.7 Å². The Bertz CT molecular complexity index is 704. The lowest BCUT2D eigenvalue weighted by Gasteiger charge is -2.16. The van der Waals surface area contributed by atoms with Crippen LogP contribution < -0.4 is 11.1 Å². The molecule has 1 aliphatic heterocycles. The summed E-state index contributed by atoms with van der Waals surface area (Å²) in [7, 11) is 1.61. The summed E-state index contributed by atoms with van der Waals surface area (Å²) in [6.07, 6.45) is -2.09. The molecular weight excluding hydrogens is 292 g/mol. The van der Waals surface area contributed by atoms with E-state index in [9.17, 15) is 15.0 Å². The molecule has 0 saturated carbocycles. The van der Waals surface area contributed by atoms with Crippen molar-refractivity contribution in [1.29, 1.82) is 0 Å². The number of carbonyl (C=O) groups is 1. The van der Waals surface area contributed by atoms with Crippen molar-refractivity contribution in [1.82, 2.24) is 24.8 Å². The molecule has 3 heterocycles. The molecule has 0 aromatic carbocycles. The van der Waals surface area contributed by atoms with Crippen LogP contribution in [0.2, 0.25) is 0 Å². The first kappa shape index (κ1) is 14.8. The maximum atomic E-state index is 11.9. The van der Waals surface area contributed by atoms with Gasteiger partial charge < -0.3 is 26.0 Å². The van der Waals surface area contributed by atoms with E-state index in [0.29, 0.717) is 11.2 Å². The molecule has 10 nitrogen and oxygen atoms in total. The number of aliphatic hydroxyl groups excluding tert-OH is 2. The normalized spacial score (nSPS) is 28.3. The Hall–Kier alpha value is -2.14. The van der Waals surface area contributed by atoms with Gasteiger partial charge in [0.15, 0.2) is 23.5 Å². The molecule has 2 aromatic rings. The summed E-state index contributed by atoms with van der Waals surface area (Å²) in [4.78, 5) is 23.9. The van der Waals surface area contributed by atoms with Crippen LogP contribution in [0.25, 0.3) is 11.2 Å². The second kappa shape index (κ2) is 5.57. The molecule has 4 atom stereocenters. The highest BCUT2D eigenvalue weighted by Gasteiger charge is 2.47. The van der Waals surface area contributed by atoms with Gasteiger partial charge in [0.25, 0.3) is 0 Å². The Kier molecular flexibility index (Phi) is 3.74. The summed E-state index contributed by atoms with van der Waals surface area (Å²) in [6, 6.07) is 0. The average Bonchev–Trinajstić information content (AvgIpc) is 3.03. The van der Waals surface area contributed by atoms with Crippen molar-refractivity contribution in [2.24, 2.45) is 0 Å². The van der Waals surface area contributed by atoms with Crippen molar-refractivity contribution in [3.63, 3.8) is 0 Å². The molecule has 0 radical (unpaired) electrons. The minimum atomic E-state index is -1.33. The Morgan fingerprint density at radius 3 is 2.91 bits per heavy atom. The lowest BCUT2D eigenvalue weighted by atomic mass is 10.1. The maximum absolute atomic E-state index is 11.9. The third-order valence-electron chi connectivity index (χ3n) is 3.57. The highest BCUT2D eigenvalue weighted by molar-refractivity contribution is 5.86. The molecule has 0 bridgehead atoms. The van der Waals surface area contributed by atoms with Gasteiger partial charge in [0, 0.05) is 0 Å². The zero-order valence-electron chi connectivity index (χ0n) is 11.7. The summed E-state index contributed by atoms with van der Waals surface area (Å²) in [6.45, 7) is 0.0287. The number of likely N-dealkylation sites (N-methyl/N-ethyl adjacent to an activating group) is 1. The summed E-state index contributed by atoms with van der Waals surface area (Å²) in [5.41, 5.74) is 6.41. The third-order valence-corrected chi connectivity index (χ3v) is 3.57. The van der Waals surface area contributed by atoms with Crippen LogP contribution in [0.5, 0.6) is 0 Å². The number of nitrogen functional groups attached to an aromatic ring is 1. The predicted molar refractivity (Wildman–Crippen MR) is 74.6 cm³/mol. The summed E-state index contributed by atoms with van der Waals surface area (Å²) < 4.78 is 6.95. The standard InChI is InChI=1S/C12H16N6O4/c1-14-2-5(19)9-7(20)8(21)12(22-9)18-4-17-6-10(13)15-3-16-11(6)18/h3-4,7-9,12,14,20-21H,2H2,1H3,(H2,13,15,16)/t7-,8+,9+,12+/m0/s1. The summed E-state index contributed by atoms with van der Waals surface area (Å²) in [5, 5.41) is 22.9. The van der Waals surface area contributed by atoms with Crippen LogP contribution in [-0.4, -0.2) is 67.4 Å². The van der Waals surface area contributed by atoms with Gasteiger partial charge >= 0.3 is 0 Å². The molecule has 0 spiro atoms. The average molecular weight is 308 g/mol. The number of fused-ring (bicyclic) bond motifs is 1. The number of rotatable bonds is 4. The van der Waals surface area contributed by atoms with Crippen LogP contribution in [0, 0.1) is 0 Å². The van der Waals surface area contributed by atoms with E-state index in [1.54, 1.807) is 7.05 Å². The smallest absolute Gasteiger partial charge is 0.178 e. The minimum absolute atomic E-state index is 0.0287. The van der Waals surface area contributed by atoms with E-state index < -0.39 is 24.5 Å². The van der Waals surface area contributed by atoms with Gasteiger partial charge in [0.2, 0.25) is 0 Å². The molecule has 0 unspecified atom stereocenters. The van der Waals surface area contributed by atoms with E-state index in [4.69, 9.17) is 10.5 Å². The molecule has 1 fully saturated rings.